The van der Waals surface area contributed by atoms with Crippen molar-refractivity contribution < 1.29 is 9.84 Å². The summed E-state index contributed by atoms with van der Waals surface area (Å²) in [6, 6.07) is 4.05. The SMILES string of the molecule is CO[C@]1(C#CC(O)(CC2CCCC2)c2cccs2)CN2CCC1CC2. The summed E-state index contributed by atoms with van der Waals surface area (Å²) >= 11 is 1.62. The van der Waals surface area contributed by atoms with E-state index in [9.17, 15) is 5.11 Å². The average molecular weight is 360 g/mol. The van der Waals surface area contributed by atoms with Crippen molar-refractivity contribution in [2.45, 2.75) is 56.1 Å². The van der Waals surface area contributed by atoms with Gasteiger partial charge >= 0.3 is 0 Å². The third-order valence-electron chi connectivity index (χ3n) is 6.54. The minimum Gasteiger partial charge on any atom is -0.372 e. The summed E-state index contributed by atoms with van der Waals surface area (Å²) in [6.07, 6.45) is 8.09. The van der Waals surface area contributed by atoms with Gasteiger partial charge in [-0.05, 0) is 49.7 Å². The standard InChI is InChI=1S/C21H29NO2S/c1-24-21(16-22-12-8-18(21)9-13-22)11-10-20(23,19-7-4-14-25-19)15-17-5-2-3-6-17/h4,7,14,17-18,23H,2-3,5-6,8-9,12-13,15-16H2,1H3/t20?,21-/m1/s1. The zero-order chi connectivity index (χ0) is 17.3. The Morgan fingerprint density at radius 3 is 2.64 bits per heavy atom. The van der Waals surface area contributed by atoms with E-state index >= 15 is 0 Å². The number of hydrogen-bond donors (Lipinski definition) is 1. The molecule has 1 aromatic rings. The van der Waals surface area contributed by atoms with Crippen LogP contribution in [0.3, 0.4) is 0 Å². The van der Waals surface area contributed by atoms with E-state index in [1.165, 1.54) is 25.7 Å². The van der Waals surface area contributed by atoms with Crippen LogP contribution in [0.5, 0.6) is 0 Å². The highest BCUT2D eigenvalue weighted by Gasteiger charge is 2.46. The van der Waals surface area contributed by atoms with Crippen molar-refractivity contribution in [3.05, 3.63) is 22.4 Å². The second kappa shape index (κ2) is 7.04. The molecule has 4 heteroatoms. The van der Waals surface area contributed by atoms with Gasteiger partial charge in [0.25, 0.3) is 0 Å². The van der Waals surface area contributed by atoms with Gasteiger partial charge < -0.3 is 9.84 Å². The number of hydrogen-bond acceptors (Lipinski definition) is 4. The van der Waals surface area contributed by atoms with Gasteiger partial charge in [-0.3, -0.25) is 4.90 Å². The lowest BCUT2D eigenvalue weighted by atomic mass is 9.75. The number of rotatable bonds is 4. The van der Waals surface area contributed by atoms with E-state index in [-0.39, 0.29) is 0 Å². The van der Waals surface area contributed by atoms with Crippen LogP contribution in [0, 0.1) is 23.7 Å². The highest BCUT2D eigenvalue weighted by atomic mass is 32.1. The van der Waals surface area contributed by atoms with Gasteiger partial charge in [0.1, 0.15) is 5.60 Å². The molecular weight excluding hydrogens is 330 g/mol. The predicted molar refractivity (Wildman–Crippen MR) is 101 cm³/mol. The van der Waals surface area contributed by atoms with Crippen molar-refractivity contribution in [2.75, 3.05) is 26.7 Å². The zero-order valence-corrected chi connectivity index (χ0v) is 16.0. The first-order valence-corrected chi connectivity index (χ1v) is 10.6. The summed E-state index contributed by atoms with van der Waals surface area (Å²) in [4.78, 5) is 3.44. The summed E-state index contributed by atoms with van der Waals surface area (Å²) in [7, 11) is 1.79. The largest absolute Gasteiger partial charge is 0.372 e. The molecule has 1 aromatic heterocycles. The molecule has 0 radical (unpaired) electrons. The maximum Gasteiger partial charge on any atom is 0.160 e. The number of fused-ring (bicyclic) bond motifs is 3. The van der Waals surface area contributed by atoms with Gasteiger partial charge in [-0.1, -0.05) is 43.6 Å². The van der Waals surface area contributed by atoms with Crippen LogP contribution in [0.15, 0.2) is 17.5 Å². The predicted octanol–water partition coefficient (Wildman–Crippen LogP) is 3.63. The number of aliphatic hydroxyl groups is 1. The molecule has 0 aromatic carbocycles. The van der Waals surface area contributed by atoms with Gasteiger partial charge in [0.2, 0.25) is 0 Å². The van der Waals surface area contributed by atoms with Crippen LogP contribution in [0.25, 0.3) is 0 Å². The first-order chi connectivity index (χ1) is 12.1. The van der Waals surface area contributed by atoms with E-state index in [0.29, 0.717) is 11.8 Å². The smallest absolute Gasteiger partial charge is 0.160 e. The Morgan fingerprint density at radius 2 is 2.08 bits per heavy atom. The summed E-state index contributed by atoms with van der Waals surface area (Å²) in [5.74, 6) is 7.88. The molecule has 1 N–H and O–H groups in total. The number of ether oxygens (including phenoxy) is 1. The Morgan fingerprint density at radius 1 is 1.32 bits per heavy atom. The van der Waals surface area contributed by atoms with Crippen LogP contribution in [0.1, 0.15) is 49.8 Å². The van der Waals surface area contributed by atoms with Crippen LogP contribution in [-0.4, -0.2) is 42.4 Å². The van der Waals surface area contributed by atoms with E-state index in [1.54, 1.807) is 18.4 Å². The fourth-order valence-electron chi connectivity index (χ4n) is 5.01. The Bertz CT molecular complexity index is 635. The van der Waals surface area contributed by atoms with Gasteiger partial charge in [0.05, 0.1) is 0 Å². The topological polar surface area (TPSA) is 32.7 Å². The first-order valence-electron chi connectivity index (χ1n) is 9.72. The van der Waals surface area contributed by atoms with Crippen LogP contribution < -0.4 is 0 Å². The molecule has 3 nitrogen and oxygen atoms in total. The molecule has 25 heavy (non-hydrogen) atoms. The molecule has 1 saturated carbocycles. The van der Waals surface area contributed by atoms with Crippen molar-refractivity contribution in [3.8, 4) is 11.8 Å². The molecule has 3 aliphatic heterocycles. The highest BCUT2D eigenvalue weighted by molar-refractivity contribution is 7.10. The van der Waals surface area contributed by atoms with Gasteiger partial charge in [-0.25, -0.2) is 0 Å². The summed E-state index contributed by atoms with van der Waals surface area (Å²) in [6.45, 7) is 3.20. The lowest BCUT2D eigenvalue weighted by Crippen LogP contribution is -2.59. The van der Waals surface area contributed by atoms with E-state index in [2.05, 4.69) is 16.7 Å². The lowest BCUT2D eigenvalue weighted by molar-refractivity contribution is -0.0966. The van der Waals surface area contributed by atoms with Gasteiger partial charge in [0.15, 0.2) is 5.60 Å². The Labute approximate surface area is 155 Å². The Kier molecular flexibility index (Phi) is 4.94. The fourth-order valence-corrected chi connectivity index (χ4v) is 5.80. The average Bonchev–Trinajstić information content (AvgIpc) is 3.35. The number of nitrogens with zero attached hydrogens (tertiary/aromatic N) is 1. The lowest BCUT2D eigenvalue weighted by Gasteiger charge is -2.49. The molecule has 5 rings (SSSR count). The highest BCUT2D eigenvalue weighted by Crippen LogP contribution is 2.40. The molecule has 2 bridgehead atoms. The number of piperidine rings is 3. The van der Waals surface area contributed by atoms with E-state index < -0.39 is 11.2 Å². The molecule has 4 aliphatic rings. The normalized spacial score (nSPS) is 34.5. The van der Waals surface area contributed by atoms with Crippen LogP contribution in [-0.2, 0) is 10.3 Å². The Hall–Kier alpha value is -0.860. The molecule has 1 aliphatic carbocycles. The van der Waals surface area contributed by atoms with Gasteiger partial charge in [-0.2, -0.15) is 0 Å². The maximum absolute atomic E-state index is 11.5. The third kappa shape index (κ3) is 3.40. The van der Waals surface area contributed by atoms with Crippen molar-refractivity contribution in [1.29, 1.82) is 0 Å². The number of methoxy groups -OCH3 is 1. The van der Waals surface area contributed by atoms with Crippen LogP contribution >= 0.6 is 11.3 Å². The van der Waals surface area contributed by atoms with Gasteiger partial charge in [0, 0.05) is 24.4 Å². The number of thiophene rings is 1. The molecular formula is C21H29NO2S. The van der Waals surface area contributed by atoms with Crippen LogP contribution in [0.2, 0.25) is 0 Å². The second-order valence-corrected chi connectivity index (χ2v) is 9.03. The van der Waals surface area contributed by atoms with Crippen molar-refractivity contribution in [3.63, 3.8) is 0 Å². The van der Waals surface area contributed by atoms with Crippen molar-refractivity contribution in [2.24, 2.45) is 11.8 Å². The summed E-state index contributed by atoms with van der Waals surface area (Å²) in [5.41, 5.74) is -1.43. The van der Waals surface area contributed by atoms with Crippen molar-refractivity contribution in [1.82, 2.24) is 4.90 Å². The Balaban J connectivity index is 1.63. The zero-order valence-electron chi connectivity index (χ0n) is 15.2. The molecule has 136 valence electrons. The molecule has 3 saturated heterocycles. The summed E-state index contributed by atoms with van der Waals surface area (Å²) in [5, 5.41) is 13.5. The van der Waals surface area contributed by atoms with E-state index in [0.717, 1.165) is 43.8 Å². The maximum atomic E-state index is 11.5. The summed E-state index contributed by atoms with van der Waals surface area (Å²) < 4.78 is 5.97. The van der Waals surface area contributed by atoms with E-state index in [1.807, 2.05) is 17.5 Å². The minimum absolute atomic E-state index is 0.405. The van der Waals surface area contributed by atoms with Crippen molar-refractivity contribution >= 4 is 11.3 Å². The molecule has 2 atom stereocenters. The molecule has 1 unspecified atom stereocenters. The molecule has 4 heterocycles. The minimum atomic E-state index is -1.03. The molecule has 0 amide bonds. The van der Waals surface area contributed by atoms with Crippen LogP contribution in [0.4, 0.5) is 0 Å². The molecule has 4 fully saturated rings. The van der Waals surface area contributed by atoms with Gasteiger partial charge in [-0.15, -0.1) is 11.3 Å². The molecule has 0 spiro atoms. The third-order valence-corrected chi connectivity index (χ3v) is 7.56. The first kappa shape index (κ1) is 17.5. The quantitative estimate of drug-likeness (QED) is 0.833. The second-order valence-electron chi connectivity index (χ2n) is 8.09. The monoisotopic (exact) mass is 359 g/mol. The fraction of sp³-hybridized carbons (Fsp3) is 0.714. The van der Waals surface area contributed by atoms with E-state index in [4.69, 9.17) is 4.74 Å².